The highest BCUT2D eigenvalue weighted by Crippen LogP contribution is 2.62. The number of hydrogen-bond acceptors (Lipinski definition) is 1. The van der Waals surface area contributed by atoms with E-state index in [9.17, 15) is 0 Å². The Kier molecular flexibility index (Phi) is 10.2. The first-order valence-electron chi connectivity index (χ1n) is 26.6. The van der Waals surface area contributed by atoms with Gasteiger partial charge in [-0.15, -0.1) is 0 Å². The van der Waals surface area contributed by atoms with Crippen molar-refractivity contribution < 1.29 is 0 Å². The summed E-state index contributed by atoms with van der Waals surface area (Å²) in [6, 6.07) is 90.4. The van der Waals surface area contributed by atoms with Crippen LogP contribution < -0.4 is 4.90 Å². The Morgan fingerprint density at radius 3 is 1.15 bits per heavy atom. The second-order valence-corrected chi connectivity index (χ2v) is 23.5. The van der Waals surface area contributed by atoms with E-state index in [4.69, 9.17) is 0 Å². The third-order valence-corrected chi connectivity index (χ3v) is 17.4. The second kappa shape index (κ2) is 16.5. The highest BCUT2D eigenvalue weighted by Gasteiger charge is 2.49. The maximum absolute atomic E-state index is 2.60. The van der Waals surface area contributed by atoms with Crippen molar-refractivity contribution in [1.82, 2.24) is 0 Å². The van der Waals surface area contributed by atoms with E-state index in [2.05, 4.69) is 297 Å². The van der Waals surface area contributed by atoms with Crippen LogP contribution in [-0.2, 0) is 27.1 Å². The molecule has 0 spiro atoms. The molecule has 0 saturated carbocycles. The summed E-state index contributed by atoms with van der Waals surface area (Å²) in [5.41, 5.74) is 25.4. The van der Waals surface area contributed by atoms with Crippen LogP contribution in [0.15, 0.2) is 237 Å². The van der Waals surface area contributed by atoms with Crippen LogP contribution in [-0.4, -0.2) is 0 Å². The number of rotatable bonds is 7. The number of nitrogens with zero attached hydrogens (tertiary/aromatic N) is 1. The van der Waals surface area contributed by atoms with Gasteiger partial charge in [0.15, 0.2) is 0 Å². The van der Waals surface area contributed by atoms with Gasteiger partial charge >= 0.3 is 0 Å². The van der Waals surface area contributed by atoms with Crippen LogP contribution in [0.4, 0.5) is 17.1 Å². The summed E-state index contributed by atoms with van der Waals surface area (Å²) in [7, 11) is 0. The standard InChI is InChI=1S/C73H63N/c1-69(2,3)50-28-21-30-52(44-50)73(53-31-22-29-51(45-53)70(4,5)6)63-37-20-17-34-60(63)68-64(73)38-23-39-67(68)74(54-40-42-58-56-32-15-18-35-61(56)71(7,65(58)46-54)48-24-11-9-12-25-48)55-41-43-59-57-33-16-19-36-62(57)72(8,66(59)47-55)49-26-13-10-14-27-49/h9-47H,1-8H3. The smallest absolute Gasteiger partial charge is 0.0714 e. The largest absolute Gasteiger partial charge is 0.310 e. The molecule has 0 amide bonds. The average Bonchev–Trinajstić information content (AvgIpc) is 3.99. The van der Waals surface area contributed by atoms with Gasteiger partial charge in [0.25, 0.3) is 0 Å². The zero-order chi connectivity index (χ0) is 50.8. The molecule has 0 radical (unpaired) electrons. The monoisotopic (exact) mass is 953 g/mol. The predicted octanol–water partition coefficient (Wildman–Crippen LogP) is 18.8. The van der Waals surface area contributed by atoms with Crippen molar-refractivity contribution in [3.05, 3.63) is 303 Å². The van der Waals surface area contributed by atoms with Crippen molar-refractivity contribution in [1.29, 1.82) is 0 Å². The molecule has 3 aliphatic carbocycles. The van der Waals surface area contributed by atoms with Gasteiger partial charge in [-0.2, -0.15) is 0 Å². The molecule has 0 bridgehead atoms. The molecule has 0 heterocycles. The quantitative estimate of drug-likeness (QED) is 0.154. The predicted molar refractivity (Wildman–Crippen MR) is 311 cm³/mol. The molecule has 10 aromatic carbocycles. The highest BCUT2D eigenvalue weighted by atomic mass is 15.1. The molecular weight excluding hydrogens is 891 g/mol. The summed E-state index contributed by atoms with van der Waals surface area (Å²) >= 11 is 0. The normalized spacial score (nSPS) is 17.7. The van der Waals surface area contributed by atoms with E-state index < -0.39 is 5.41 Å². The molecular formula is C73H63N. The van der Waals surface area contributed by atoms with Crippen LogP contribution in [0.25, 0.3) is 33.4 Å². The van der Waals surface area contributed by atoms with Gasteiger partial charge in [-0.25, -0.2) is 0 Å². The summed E-state index contributed by atoms with van der Waals surface area (Å²) < 4.78 is 0. The van der Waals surface area contributed by atoms with Gasteiger partial charge in [0.1, 0.15) is 0 Å². The van der Waals surface area contributed by atoms with E-state index in [0.717, 1.165) is 17.1 Å². The third-order valence-electron chi connectivity index (χ3n) is 17.4. The lowest BCUT2D eigenvalue weighted by atomic mass is 9.66. The SMILES string of the molecule is CC(C)(C)c1cccc(C2(c3cccc(C(C)(C)C)c3)c3ccccc3-c3c(N(c4ccc5c(c4)C(C)(c4ccccc4)c4ccccc4-5)c4ccc5c(c4)C(C)(c4ccccc4)c4ccccc4-5)cccc32)c1. The molecule has 2 atom stereocenters. The van der Waals surface area contributed by atoms with Crippen LogP contribution in [0, 0.1) is 0 Å². The molecule has 0 saturated heterocycles. The van der Waals surface area contributed by atoms with E-state index in [1.54, 1.807) is 0 Å². The number of anilines is 3. The van der Waals surface area contributed by atoms with Crippen molar-refractivity contribution >= 4 is 17.1 Å². The second-order valence-electron chi connectivity index (χ2n) is 23.5. The molecule has 74 heavy (non-hydrogen) atoms. The number of benzene rings is 10. The summed E-state index contributed by atoms with van der Waals surface area (Å²) in [6.45, 7) is 18.9. The van der Waals surface area contributed by atoms with Gasteiger partial charge in [-0.1, -0.05) is 248 Å². The Hall–Kier alpha value is -8.00. The maximum Gasteiger partial charge on any atom is 0.0714 e. The minimum absolute atomic E-state index is 0.0486. The molecule has 0 N–H and O–H groups in total. The van der Waals surface area contributed by atoms with Gasteiger partial charge in [0, 0.05) is 27.8 Å². The van der Waals surface area contributed by atoms with Gasteiger partial charge in [-0.3, -0.25) is 0 Å². The Balaban J connectivity index is 1.13. The first kappa shape index (κ1) is 45.8. The van der Waals surface area contributed by atoms with Crippen molar-refractivity contribution in [2.24, 2.45) is 0 Å². The summed E-state index contributed by atoms with van der Waals surface area (Å²) in [4.78, 5) is 2.60. The molecule has 13 rings (SSSR count). The van der Waals surface area contributed by atoms with E-state index in [0.29, 0.717) is 0 Å². The minimum Gasteiger partial charge on any atom is -0.310 e. The Morgan fingerprint density at radius 2 is 0.676 bits per heavy atom. The molecule has 2 unspecified atom stereocenters. The first-order valence-corrected chi connectivity index (χ1v) is 26.6. The summed E-state index contributed by atoms with van der Waals surface area (Å²) in [5.74, 6) is 0. The lowest BCUT2D eigenvalue weighted by molar-refractivity contribution is 0.585. The van der Waals surface area contributed by atoms with Crippen LogP contribution in [0.3, 0.4) is 0 Å². The maximum atomic E-state index is 2.60. The molecule has 0 aliphatic heterocycles. The van der Waals surface area contributed by atoms with Crippen molar-refractivity contribution in [2.45, 2.75) is 82.5 Å². The lowest BCUT2D eigenvalue weighted by Crippen LogP contribution is -2.30. The minimum atomic E-state index is -0.618. The molecule has 10 aromatic rings. The van der Waals surface area contributed by atoms with Crippen molar-refractivity contribution in [3.8, 4) is 33.4 Å². The van der Waals surface area contributed by atoms with E-state index in [1.807, 2.05) is 0 Å². The van der Waals surface area contributed by atoms with E-state index in [-0.39, 0.29) is 21.7 Å². The van der Waals surface area contributed by atoms with E-state index in [1.165, 1.54) is 100 Å². The van der Waals surface area contributed by atoms with Gasteiger partial charge in [0.2, 0.25) is 0 Å². The summed E-state index contributed by atoms with van der Waals surface area (Å²) in [6.07, 6.45) is 0. The van der Waals surface area contributed by atoms with Crippen LogP contribution in [0.1, 0.15) is 122 Å². The number of fused-ring (bicyclic) bond motifs is 9. The highest BCUT2D eigenvalue weighted by molar-refractivity contribution is 5.99. The third kappa shape index (κ3) is 6.55. The fourth-order valence-corrected chi connectivity index (χ4v) is 13.6. The number of hydrogen-bond donors (Lipinski definition) is 0. The Labute approximate surface area is 438 Å². The molecule has 1 heteroatoms. The average molecular weight is 954 g/mol. The van der Waals surface area contributed by atoms with Gasteiger partial charge < -0.3 is 4.90 Å². The zero-order valence-electron chi connectivity index (χ0n) is 44.0. The van der Waals surface area contributed by atoms with Crippen molar-refractivity contribution in [2.75, 3.05) is 4.90 Å². The Morgan fingerprint density at radius 1 is 0.297 bits per heavy atom. The Bertz CT molecular complexity index is 3640. The first-order chi connectivity index (χ1) is 35.7. The molecule has 360 valence electrons. The molecule has 3 aliphatic rings. The fourth-order valence-electron chi connectivity index (χ4n) is 13.6. The van der Waals surface area contributed by atoms with E-state index >= 15 is 0 Å². The topological polar surface area (TPSA) is 3.24 Å². The van der Waals surface area contributed by atoms with Crippen molar-refractivity contribution in [3.63, 3.8) is 0 Å². The zero-order valence-corrected chi connectivity index (χ0v) is 44.0. The van der Waals surface area contributed by atoms with Crippen LogP contribution in [0.2, 0.25) is 0 Å². The fraction of sp³-hybridized carbons (Fsp3) is 0.178. The lowest BCUT2D eigenvalue weighted by Gasteiger charge is -2.36. The van der Waals surface area contributed by atoms with Gasteiger partial charge in [-0.05, 0) is 150 Å². The molecule has 0 aromatic heterocycles. The van der Waals surface area contributed by atoms with Gasteiger partial charge in [0.05, 0.1) is 11.1 Å². The van der Waals surface area contributed by atoms with Crippen LogP contribution in [0.5, 0.6) is 0 Å². The molecule has 0 fully saturated rings. The van der Waals surface area contributed by atoms with Crippen LogP contribution >= 0.6 is 0 Å². The molecule has 1 nitrogen and oxygen atoms in total. The summed E-state index contributed by atoms with van der Waals surface area (Å²) in [5, 5.41) is 0.